The largest absolute Gasteiger partial charge is 0.743 e. The van der Waals surface area contributed by atoms with Crippen LogP contribution in [-0.4, -0.2) is 39.4 Å². The van der Waals surface area contributed by atoms with Crippen LogP contribution in [0.4, 0.5) is 13.2 Å². The van der Waals surface area contributed by atoms with Gasteiger partial charge in [0.25, 0.3) is 10.1 Å². The second kappa shape index (κ2) is 6.36. The predicted molar refractivity (Wildman–Crippen MR) is 71.8 cm³/mol. The Bertz CT molecular complexity index is 702. The Morgan fingerprint density at radius 3 is 2.10 bits per heavy atom. The normalized spacial score (nSPS) is 14.9. The van der Waals surface area contributed by atoms with E-state index in [1.165, 1.54) is 12.1 Å². The van der Waals surface area contributed by atoms with Crippen molar-refractivity contribution in [3.63, 3.8) is 0 Å². The fourth-order valence-electron chi connectivity index (χ4n) is 1.07. The fourth-order valence-corrected chi connectivity index (χ4v) is 2.72. The van der Waals surface area contributed by atoms with Crippen molar-refractivity contribution in [2.45, 2.75) is 16.3 Å². The third kappa shape index (κ3) is 4.51. The van der Waals surface area contributed by atoms with E-state index in [4.69, 9.17) is 0 Å². The molecule has 0 saturated carbocycles. The minimum atomic E-state index is -6.27. The molecule has 1 atom stereocenters. The summed E-state index contributed by atoms with van der Waals surface area (Å²) in [5.41, 5.74) is 0. The molecule has 0 spiro atoms. The minimum absolute atomic E-state index is 0.427. The van der Waals surface area contributed by atoms with Gasteiger partial charge in [0.15, 0.2) is 10.1 Å². The number of halogens is 4. The molecule has 120 valence electrons. The Balaban J connectivity index is 2.86. The number of hydrogen-bond donors (Lipinski definition) is 0. The van der Waals surface area contributed by atoms with Gasteiger partial charge in [0.1, 0.15) is 6.61 Å². The van der Waals surface area contributed by atoms with E-state index in [0.717, 1.165) is 12.1 Å². The highest BCUT2D eigenvalue weighted by Gasteiger charge is 2.48. The van der Waals surface area contributed by atoms with E-state index in [9.17, 15) is 34.6 Å². The second-order valence-electron chi connectivity index (χ2n) is 3.68. The van der Waals surface area contributed by atoms with E-state index in [1.54, 1.807) is 0 Å². The summed E-state index contributed by atoms with van der Waals surface area (Å²) in [5.74, 6) is 0. The molecule has 0 radical (unpaired) electrons. The summed E-state index contributed by atoms with van der Waals surface area (Å²) < 4.78 is 97.0. The molecule has 0 saturated heterocycles. The number of alkyl halides is 3. The van der Waals surface area contributed by atoms with Crippen LogP contribution in [0.15, 0.2) is 29.2 Å². The van der Waals surface area contributed by atoms with Crippen LogP contribution >= 0.6 is 22.6 Å². The Morgan fingerprint density at radius 2 is 1.67 bits per heavy atom. The monoisotopic (exact) mass is 459 g/mol. The van der Waals surface area contributed by atoms with Gasteiger partial charge < -0.3 is 4.55 Å². The molecule has 1 aromatic carbocycles. The lowest BCUT2D eigenvalue weighted by molar-refractivity contribution is -0.0217. The van der Waals surface area contributed by atoms with Crippen LogP contribution in [0.5, 0.6) is 0 Å². The van der Waals surface area contributed by atoms with Gasteiger partial charge in [-0.2, -0.15) is 17.2 Å². The Morgan fingerprint density at radius 1 is 1.19 bits per heavy atom. The molecule has 21 heavy (non-hydrogen) atoms. The molecule has 0 bridgehead atoms. The van der Waals surface area contributed by atoms with Gasteiger partial charge in [0.2, 0.25) is 6.17 Å². The lowest BCUT2D eigenvalue weighted by Crippen LogP contribution is -2.41. The van der Waals surface area contributed by atoms with Crippen molar-refractivity contribution in [2.75, 3.05) is 6.61 Å². The van der Waals surface area contributed by atoms with Gasteiger partial charge >= 0.3 is 5.25 Å². The second-order valence-corrected chi connectivity index (χ2v) is 7.99. The summed E-state index contributed by atoms with van der Waals surface area (Å²) in [7, 11) is -10.8. The molecule has 1 rings (SSSR count). The zero-order chi connectivity index (χ0) is 16.5. The summed E-state index contributed by atoms with van der Waals surface area (Å²) in [6.07, 6.45) is -3.61. The van der Waals surface area contributed by atoms with Crippen LogP contribution in [0, 0.1) is 3.57 Å². The standard InChI is InChI=1S/C9H8F3IO6S2/c10-8(9(11,12)21(16,17)18)5-19-20(14,15)7-3-1-6(13)2-4-7/h1-4,8H,5H2,(H,16,17,18)/p-1. The maximum absolute atomic E-state index is 13.1. The molecule has 0 aliphatic rings. The summed E-state index contributed by atoms with van der Waals surface area (Å²) >= 11 is 1.88. The zero-order valence-electron chi connectivity index (χ0n) is 9.87. The summed E-state index contributed by atoms with van der Waals surface area (Å²) in [5, 5.41) is -5.28. The molecule has 0 aliphatic carbocycles. The molecule has 0 aliphatic heterocycles. The first-order valence-corrected chi connectivity index (χ1v) is 8.90. The van der Waals surface area contributed by atoms with Crippen molar-refractivity contribution >= 4 is 42.8 Å². The lowest BCUT2D eigenvalue weighted by atomic mass is 10.4. The minimum Gasteiger partial charge on any atom is -0.743 e. The Hall–Kier alpha value is -0.440. The molecule has 1 unspecified atom stereocenters. The van der Waals surface area contributed by atoms with E-state index < -0.39 is 43.2 Å². The predicted octanol–water partition coefficient (Wildman–Crippen LogP) is 1.47. The van der Waals surface area contributed by atoms with Crippen LogP contribution in [0.2, 0.25) is 0 Å². The van der Waals surface area contributed by atoms with Crippen molar-refractivity contribution < 1.29 is 38.7 Å². The number of rotatable bonds is 6. The van der Waals surface area contributed by atoms with E-state index in [-0.39, 0.29) is 0 Å². The maximum Gasteiger partial charge on any atom is 0.367 e. The maximum atomic E-state index is 13.1. The zero-order valence-corrected chi connectivity index (χ0v) is 13.7. The highest BCUT2D eigenvalue weighted by Crippen LogP contribution is 2.28. The quantitative estimate of drug-likeness (QED) is 0.363. The lowest BCUT2D eigenvalue weighted by Gasteiger charge is -2.22. The van der Waals surface area contributed by atoms with Gasteiger partial charge in [0.05, 0.1) is 4.90 Å². The van der Waals surface area contributed by atoms with Crippen LogP contribution < -0.4 is 0 Å². The molecule has 1 aromatic rings. The fraction of sp³-hybridized carbons (Fsp3) is 0.333. The van der Waals surface area contributed by atoms with Gasteiger partial charge in [-0.15, -0.1) is 0 Å². The van der Waals surface area contributed by atoms with Gasteiger partial charge in [-0.05, 0) is 46.9 Å². The van der Waals surface area contributed by atoms with Gasteiger partial charge in [-0.25, -0.2) is 12.8 Å². The molecule has 0 N–H and O–H groups in total. The summed E-state index contributed by atoms with van der Waals surface area (Å²) in [6.45, 7) is -1.80. The number of benzene rings is 1. The van der Waals surface area contributed by atoms with E-state index in [0.29, 0.717) is 3.57 Å². The molecule has 0 fully saturated rings. The molecule has 0 amide bonds. The van der Waals surface area contributed by atoms with Crippen LogP contribution in [-0.2, 0) is 24.4 Å². The summed E-state index contributed by atoms with van der Waals surface area (Å²) in [4.78, 5) is -0.427. The SMILES string of the molecule is O=S(=O)(OCC(F)C(F)(F)S(=O)(=O)[O-])c1ccc(I)cc1. The van der Waals surface area contributed by atoms with Crippen molar-refractivity contribution in [3.8, 4) is 0 Å². The van der Waals surface area contributed by atoms with E-state index in [1.807, 2.05) is 22.6 Å². The van der Waals surface area contributed by atoms with E-state index >= 15 is 0 Å². The van der Waals surface area contributed by atoms with Crippen molar-refractivity contribution in [2.24, 2.45) is 0 Å². The smallest absolute Gasteiger partial charge is 0.367 e. The average molecular weight is 459 g/mol. The molecule has 0 heterocycles. The van der Waals surface area contributed by atoms with Crippen LogP contribution in [0.3, 0.4) is 0 Å². The van der Waals surface area contributed by atoms with Gasteiger partial charge in [-0.3, -0.25) is 4.18 Å². The first kappa shape index (κ1) is 18.6. The third-order valence-electron chi connectivity index (χ3n) is 2.17. The van der Waals surface area contributed by atoms with Crippen molar-refractivity contribution in [3.05, 3.63) is 27.8 Å². The summed E-state index contributed by atoms with van der Waals surface area (Å²) in [6, 6.07) is 4.93. The average Bonchev–Trinajstić information content (AvgIpc) is 2.35. The molecular weight excluding hydrogens is 452 g/mol. The third-order valence-corrected chi connectivity index (χ3v) is 5.11. The van der Waals surface area contributed by atoms with Crippen molar-refractivity contribution in [1.82, 2.24) is 0 Å². The first-order chi connectivity index (χ1) is 9.38. The Labute approximate surface area is 132 Å². The molecular formula is C9H7F3IO6S2-. The molecule has 12 heteroatoms. The Kier molecular flexibility index (Phi) is 5.63. The van der Waals surface area contributed by atoms with Gasteiger partial charge in [-0.1, -0.05) is 0 Å². The van der Waals surface area contributed by atoms with Gasteiger partial charge in [0, 0.05) is 3.57 Å². The first-order valence-electron chi connectivity index (χ1n) is 5.00. The topological polar surface area (TPSA) is 101 Å². The van der Waals surface area contributed by atoms with Crippen LogP contribution in [0.25, 0.3) is 0 Å². The highest BCUT2D eigenvalue weighted by atomic mass is 127. The van der Waals surface area contributed by atoms with Crippen LogP contribution in [0.1, 0.15) is 0 Å². The van der Waals surface area contributed by atoms with Crippen molar-refractivity contribution in [1.29, 1.82) is 0 Å². The molecule has 0 aromatic heterocycles. The molecule has 6 nitrogen and oxygen atoms in total. The van der Waals surface area contributed by atoms with E-state index in [2.05, 4.69) is 4.18 Å². The highest BCUT2D eigenvalue weighted by molar-refractivity contribution is 14.1. The number of hydrogen-bond acceptors (Lipinski definition) is 6.